The maximum absolute atomic E-state index is 13.2. The van der Waals surface area contributed by atoms with Crippen molar-refractivity contribution in [2.45, 2.75) is 16.9 Å². The van der Waals surface area contributed by atoms with Gasteiger partial charge in [-0.15, -0.1) is 0 Å². The molecule has 1 saturated heterocycles. The molecule has 6 nitrogen and oxygen atoms in total. The lowest BCUT2D eigenvalue weighted by atomic mass is 10.0. The minimum Gasteiger partial charge on any atom is -0.479 e. The number of carboxylic acid groups (broad SMARTS) is 1. The van der Waals surface area contributed by atoms with E-state index in [0.717, 1.165) is 11.4 Å². The van der Waals surface area contributed by atoms with E-state index in [4.69, 9.17) is 9.84 Å². The van der Waals surface area contributed by atoms with Gasteiger partial charge in [0.15, 0.2) is 23.1 Å². The van der Waals surface area contributed by atoms with E-state index in [2.05, 4.69) is 0 Å². The van der Waals surface area contributed by atoms with Crippen molar-refractivity contribution in [3.8, 4) is 0 Å². The van der Waals surface area contributed by atoms with E-state index in [1.54, 1.807) is 0 Å². The number of carboxylic acids is 1. The van der Waals surface area contributed by atoms with Crippen molar-refractivity contribution in [2.24, 2.45) is 0 Å². The molecule has 22 heavy (non-hydrogen) atoms. The zero-order valence-electron chi connectivity index (χ0n) is 11.3. The number of nitrogens with zero attached hydrogens (tertiary/aromatic N) is 1. The van der Waals surface area contributed by atoms with Crippen molar-refractivity contribution in [1.29, 1.82) is 0 Å². The smallest absolute Gasteiger partial charge is 0.337 e. The van der Waals surface area contributed by atoms with E-state index < -0.39 is 50.5 Å². The SMILES string of the molecule is COC1(C(=O)O)CCN(S(=O)(=O)c2cc(F)c(F)c(F)c2)C1. The molecule has 0 aliphatic carbocycles. The average Bonchev–Trinajstić information content (AvgIpc) is 2.90. The van der Waals surface area contributed by atoms with Gasteiger partial charge in [-0.05, 0) is 12.1 Å². The highest BCUT2D eigenvalue weighted by atomic mass is 32.2. The van der Waals surface area contributed by atoms with Crippen LogP contribution in [0.25, 0.3) is 0 Å². The van der Waals surface area contributed by atoms with Gasteiger partial charge in [-0.25, -0.2) is 26.4 Å². The Morgan fingerprint density at radius 3 is 2.27 bits per heavy atom. The Balaban J connectivity index is 2.39. The highest BCUT2D eigenvalue weighted by Gasteiger charge is 2.49. The summed E-state index contributed by atoms with van der Waals surface area (Å²) in [7, 11) is -3.25. The fourth-order valence-corrected chi connectivity index (χ4v) is 3.73. The lowest BCUT2D eigenvalue weighted by molar-refractivity contribution is -0.160. The van der Waals surface area contributed by atoms with Crippen LogP contribution >= 0.6 is 0 Å². The van der Waals surface area contributed by atoms with Gasteiger partial charge in [-0.3, -0.25) is 0 Å². The number of halogens is 3. The van der Waals surface area contributed by atoms with E-state index in [0.29, 0.717) is 12.1 Å². The van der Waals surface area contributed by atoms with Crippen LogP contribution < -0.4 is 0 Å². The van der Waals surface area contributed by atoms with Gasteiger partial charge >= 0.3 is 5.97 Å². The Labute approximate surface area is 124 Å². The van der Waals surface area contributed by atoms with Crippen molar-refractivity contribution >= 4 is 16.0 Å². The topological polar surface area (TPSA) is 83.9 Å². The molecule has 0 amide bonds. The number of benzene rings is 1. The van der Waals surface area contributed by atoms with Crippen molar-refractivity contribution in [2.75, 3.05) is 20.2 Å². The van der Waals surface area contributed by atoms with Crippen molar-refractivity contribution in [3.63, 3.8) is 0 Å². The van der Waals surface area contributed by atoms with E-state index in [-0.39, 0.29) is 13.0 Å². The lowest BCUT2D eigenvalue weighted by Gasteiger charge is -2.23. The number of aliphatic carboxylic acids is 1. The monoisotopic (exact) mass is 339 g/mol. The highest BCUT2D eigenvalue weighted by molar-refractivity contribution is 7.89. The van der Waals surface area contributed by atoms with Crippen LogP contribution in [0, 0.1) is 17.5 Å². The summed E-state index contributed by atoms with van der Waals surface area (Å²) < 4.78 is 69.5. The normalized spacial score (nSPS) is 22.9. The molecule has 1 aliphatic rings. The zero-order valence-corrected chi connectivity index (χ0v) is 12.2. The Kier molecular flexibility index (Phi) is 4.20. The van der Waals surface area contributed by atoms with E-state index >= 15 is 0 Å². The van der Waals surface area contributed by atoms with Crippen molar-refractivity contribution < 1.29 is 36.2 Å². The largest absolute Gasteiger partial charge is 0.479 e. The molecule has 122 valence electrons. The third kappa shape index (κ3) is 2.57. The molecule has 0 aromatic heterocycles. The van der Waals surface area contributed by atoms with Gasteiger partial charge in [0.05, 0.1) is 11.4 Å². The summed E-state index contributed by atoms with van der Waals surface area (Å²) >= 11 is 0. The molecule has 1 heterocycles. The molecule has 0 saturated carbocycles. The molecule has 0 radical (unpaired) electrons. The number of ether oxygens (including phenoxy) is 1. The van der Waals surface area contributed by atoms with Gasteiger partial charge in [0, 0.05) is 20.1 Å². The Bertz CT molecular complexity index is 700. The third-order valence-electron chi connectivity index (χ3n) is 3.57. The van der Waals surface area contributed by atoms with Crippen LogP contribution in [0.15, 0.2) is 17.0 Å². The number of hydrogen-bond donors (Lipinski definition) is 1. The molecule has 1 fully saturated rings. The number of rotatable bonds is 4. The van der Waals surface area contributed by atoms with Crippen LogP contribution in [0.4, 0.5) is 13.2 Å². The summed E-state index contributed by atoms with van der Waals surface area (Å²) in [5.74, 6) is -6.41. The first-order valence-electron chi connectivity index (χ1n) is 6.07. The van der Waals surface area contributed by atoms with Gasteiger partial charge in [0.1, 0.15) is 0 Å². The first kappa shape index (κ1) is 16.7. The van der Waals surface area contributed by atoms with Gasteiger partial charge in [-0.2, -0.15) is 4.31 Å². The summed E-state index contributed by atoms with van der Waals surface area (Å²) in [5, 5.41) is 9.13. The molecule has 0 bridgehead atoms. The molecule has 1 unspecified atom stereocenters. The molecule has 1 N–H and O–H groups in total. The van der Waals surface area contributed by atoms with E-state index in [1.165, 1.54) is 0 Å². The molecular weight excluding hydrogens is 327 g/mol. The van der Waals surface area contributed by atoms with Crippen molar-refractivity contribution in [1.82, 2.24) is 4.31 Å². The number of hydrogen-bond acceptors (Lipinski definition) is 4. The summed E-state index contributed by atoms with van der Waals surface area (Å²) in [4.78, 5) is 10.4. The minimum atomic E-state index is -4.37. The third-order valence-corrected chi connectivity index (χ3v) is 5.40. The van der Waals surface area contributed by atoms with Crippen LogP contribution in [0.5, 0.6) is 0 Å². The summed E-state index contributed by atoms with van der Waals surface area (Å²) in [6.07, 6.45) is -0.121. The zero-order chi connectivity index (χ0) is 16.7. The van der Waals surface area contributed by atoms with E-state index in [9.17, 15) is 26.4 Å². The van der Waals surface area contributed by atoms with Gasteiger partial charge < -0.3 is 9.84 Å². The molecule has 0 spiro atoms. The highest BCUT2D eigenvalue weighted by Crippen LogP contribution is 2.30. The van der Waals surface area contributed by atoms with Gasteiger partial charge in [0.25, 0.3) is 0 Å². The van der Waals surface area contributed by atoms with Crippen LogP contribution in [0.3, 0.4) is 0 Å². The van der Waals surface area contributed by atoms with Gasteiger partial charge in [0.2, 0.25) is 10.0 Å². The number of methoxy groups -OCH3 is 1. The molecule has 2 rings (SSSR count). The lowest BCUT2D eigenvalue weighted by Crippen LogP contribution is -2.44. The van der Waals surface area contributed by atoms with Crippen LogP contribution in [-0.2, 0) is 19.6 Å². The quantitative estimate of drug-likeness (QED) is 0.827. The van der Waals surface area contributed by atoms with Gasteiger partial charge in [-0.1, -0.05) is 0 Å². The summed E-state index contributed by atoms with van der Waals surface area (Å²) in [6, 6.07) is 0.697. The molecule has 1 aromatic rings. The first-order chi connectivity index (χ1) is 10.1. The van der Waals surface area contributed by atoms with Crippen LogP contribution in [-0.4, -0.2) is 49.6 Å². The maximum atomic E-state index is 13.2. The Morgan fingerprint density at radius 1 is 1.32 bits per heavy atom. The summed E-state index contributed by atoms with van der Waals surface area (Å²) in [6.45, 7) is -0.717. The van der Waals surface area contributed by atoms with Crippen LogP contribution in [0.2, 0.25) is 0 Å². The number of carbonyl (C=O) groups is 1. The van der Waals surface area contributed by atoms with E-state index in [1.807, 2.05) is 0 Å². The maximum Gasteiger partial charge on any atom is 0.337 e. The Morgan fingerprint density at radius 2 is 1.86 bits per heavy atom. The molecule has 1 aromatic carbocycles. The standard InChI is InChI=1S/C12H12F3NO5S/c1-21-12(11(17)18)2-3-16(6-12)22(19,20)7-4-8(13)10(15)9(14)5-7/h4-5H,2-3,6H2,1H3,(H,17,18). The molecule has 1 aliphatic heterocycles. The average molecular weight is 339 g/mol. The predicted octanol–water partition coefficient (Wildman–Crippen LogP) is 0.968. The molecule has 10 heteroatoms. The summed E-state index contributed by atoms with van der Waals surface area (Å²) in [5.41, 5.74) is -1.72. The second-order valence-electron chi connectivity index (χ2n) is 4.79. The minimum absolute atomic E-state index is 0.121. The number of sulfonamides is 1. The Hall–Kier alpha value is -1.65. The first-order valence-corrected chi connectivity index (χ1v) is 7.51. The predicted molar refractivity (Wildman–Crippen MR) is 67.1 cm³/mol. The second kappa shape index (κ2) is 5.52. The molecule has 1 atom stereocenters. The van der Waals surface area contributed by atoms with Crippen LogP contribution in [0.1, 0.15) is 6.42 Å². The van der Waals surface area contributed by atoms with Crippen molar-refractivity contribution in [3.05, 3.63) is 29.6 Å². The fourth-order valence-electron chi connectivity index (χ4n) is 2.21. The fraction of sp³-hybridized carbons (Fsp3) is 0.417. The molecular formula is C12H12F3NO5S. The second-order valence-corrected chi connectivity index (χ2v) is 6.73.